The lowest BCUT2D eigenvalue weighted by Crippen LogP contribution is -2.06. The van der Waals surface area contributed by atoms with Gasteiger partial charge in [0.1, 0.15) is 0 Å². The molecule has 0 aliphatic heterocycles. The van der Waals surface area contributed by atoms with Crippen LogP contribution in [0.2, 0.25) is 0 Å². The first-order valence-electron chi connectivity index (χ1n) is 10.2. The molecule has 0 nitrogen and oxygen atoms in total. The third-order valence-corrected chi connectivity index (χ3v) is 5.36. The quantitative estimate of drug-likeness (QED) is 0.268. The van der Waals surface area contributed by atoms with E-state index in [-0.39, 0.29) is 0 Å². The van der Waals surface area contributed by atoms with Gasteiger partial charge in [-0.3, -0.25) is 0 Å². The van der Waals surface area contributed by atoms with Crippen LogP contribution in [0.25, 0.3) is 0 Å². The molecule has 128 valence electrons. The average molecular weight is 297 g/mol. The maximum atomic E-state index is 2.45. The lowest BCUT2D eigenvalue weighted by Gasteiger charge is -2.20. The molecule has 0 rings (SSSR count). The summed E-state index contributed by atoms with van der Waals surface area (Å²) < 4.78 is 0. The van der Waals surface area contributed by atoms with Crippen molar-refractivity contribution in [1.82, 2.24) is 0 Å². The summed E-state index contributed by atoms with van der Waals surface area (Å²) in [7, 11) is 0. The zero-order valence-electron chi connectivity index (χ0n) is 15.9. The molecule has 0 aliphatic rings. The third kappa shape index (κ3) is 12.2. The Bertz CT molecular complexity index is 196. The van der Waals surface area contributed by atoms with Crippen molar-refractivity contribution in [2.24, 2.45) is 17.8 Å². The summed E-state index contributed by atoms with van der Waals surface area (Å²) in [5.74, 6) is 2.94. The Hall–Kier alpha value is 0. The molecule has 0 saturated carbocycles. The maximum absolute atomic E-state index is 2.45. The molecular weight excluding hydrogens is 252 g/mol. The molecule has 21 heavy (non-hydrogen) atoms. The molecule has 0 saturated heterocycles. The summed E-state index contributed by atoms with van der Waals surface area (Å²) in [6.45, 7) is 11.9. The van der Waals surface area contributed by atoms with Crippen LogP contribution in [-0.4, -0.2) is 0 Å². The number of unbranched alkanes of at least 4 members (excludes halogenated alkanes) is 3. The maximum Gasteiger partial charge on any atom is -0.0414 e. The van der Waals surface area contributed by atoms with Gasteiger partial charge >= 0.3 is 0 Å². The van der Waals surface area contributed by atoms with Crippen LogP contribution >= 0.6 is 0 Å². The van der Waals surface area contributed by atoms with E-state index in [2.05, 4.69) is 34.6 Å². The molecule has 0 heterocycles. The number of hydrogen-bond acceptors (Lipinski definition) is 0. The van der Waals surface area contributed by atoms with Crippen LogP contribution in [0.4, 0.5) is 0 Å². The topological polar surface area (TPSA) is 0 Å². The third-order valence-electron chi connectivity index (χ3n) is 5.36. The molecule has 0 aromatic carbocycles. The second-order valence-corrected chi connectivity index (χ2v) is 7.46. The van der Waals surface area contributed by atoms with Crippen molar-refractivity contribution in [3.05, 3.63) is 0 Å². The molecule has 0 aromatic heterocycles. The van der Waals surface area contributed by atoms with Crippen molar-refractivity contribution in [2.75, 3.05) is 0 Å². The molecule has 0 aromatic rings. The fourth-order valence-electron chi connectivity index (χ4n) is 3.77. The van der Waals surface area contributed by atoms with E-state index in [9.17, 15) is 0 Å². The minimum absolute atomic E-state index is 0.942. The van der Waals surface area contributed by atoms with Crippen molar-refractivity contribution < 1.29 is 0 Å². The van der Waals surface area contributed by atoms with E-state index in [1.165, 1.54) is 83.5 Å². The first kappa shape index (κ1) is 21.0. The smallest absolute Gasteiger partial charge is 0.0414 e. The molecular formula is C21H44. The standard InChI is InChI=1S/C21H44/c1-6-10-11-15-20(8-3)16-12-13-17-21(9-4)18-19(5)14-7-2/h19-21H,6-18H2,1-5H3. The lowest BCUT2D eigenvalue weighted by molar-refractivity contribution is 0.326. The van der Waals surface area contributed by atoms with Crippen molar-refractivity contribution in [2.45, 2.75) is 118 Å². The predicted octanol–water partition coefficient (Wildman–Crippen LogP) is 8.01. The summed E-state index contributed by atoms with van der Waals surface area (Å²) in [6.07, 6.45) is 18.7. The fraction of sp³-hybridized carbons (Fsp3) is 1.00. The van der Waals surface area contributed by atoms with E-state index in [1.807, 2.05) is 0 Å². The van der Waals surface area contributed by atoms with E-state index in [4.69, 9.17) is 0 Å². The van der Waals surface area contributed by atoms with Crippen LogP contribution in [0.1, 0.15) is 118 Å². The van der Waals surface area contributed by atoms with Gasteiger partial charge in [0.15, 0.2) is 0 Å². The van der Waals surface area contributed by atoms with Crippen molar-refractivity contribution >= 4 is 0 Å². The van der Waals surface area contributed by atoms with Crippen LogP contribution < -0.4 is 0 Å². The van der Waals surface area contributed by atoms with Crippen LogP contribution in [0, 0.1) is 17.8 Å². The molecule has 0 spiro atoms. The minimum Gasteiger partial charge on any atom is -0.0654 e. The van der Waals surface area contributed by atoms with E-state index >= 15 is 0 Å². The monoisotopic (exact) mass is 296 g/mol. The molecule has 0 bridgehead atoms. The van der Waals surface area contributed by atoms with Crippen molar-refractivity contribution in [3.63, 3.8) is 0 Å². The SMILES string of the molecule is CCCCCC(CC)CCCCC(CC)CC(C)CCC. The van der Waals surface area contributed by atoms with Crippen LogP contribution in [0.5, 0.6) is 0 Å². The molecule has 0 heteroatoms. The normalized spacial score (nSPS) is 15.9. The summed E-state index contributed by atoms with van der Waals surface area (Å²) in [5, 5.41) is 0. The van der Waals surface area contributed by atoms with Gasteiger partial charge in [-0.25, -0.2) is 0 Å². The van der Waals surface area contributed by atoms with Crippen LogP contribution in [0.15, 0.2) is 0 Å². The van der Waals surface area contributed by atoms with Crippen molar-refractivity contribution in [3.8, 4) is 0 Å². The Morgan fingerprint density at radius 3 is 1.57 bits per heavy atom. The molecule has 0 aliphatic carbocycles. The molecule has 0 radical (unpaired) electrons. The first-order chi connectivity index (χ1) is 10.2. The Kier molecular flexibility index (Phi) is 14.9. The molecule has 0 N–H and O–H groups in total. The largest absolute Gasteiger partial charge is 0.0654 e. The van der Waals surface area contributed by atoms with Gasteiger partial charge in [-0.15, -0.1) is 0 Å². The Morgan fingerprint density at radius 1 is 0.571 bits per heavy atom. The van der Waals surface area contributed by atoms with Gasteiger partial charge in [0.2, 0.25) is 0 Å². The second kappa shape index (κ2) is 14.9. The average Bonchev–Trinajstić information content (AvgIpc) is 2.48. The van der Waals surface area contributed by atoms with Gasteiger partial charge in [-0.2, -0.15) is 0 Å². The van der Waals surface area contributed by atoms with E-state index in [0.717, 1.165) is 17.8 Å². The second-order valence-electron chi connectivity index (χ2n) is 7.46. The summed E-state index contributed by atoms with van der Waals surface area (Å²) in [6, 6.07) is 0. The predicted molar refractivity (Wildman–Crippen MR) is 98.9 cm³/mol. The fourth-order valence-corrected chi connectivity index (χ4v) is 3.77. The van der Waals surface area contributed by atoms with Crippen LogP contribution in [-0.2, 0) is 0 Å². The van der Waals surface area contributed by atoms with Gasteiger partial charge < -0.3 is 0 Å². The Morgan fingerprint density at radius 2 is 1.10 bits per heavy atom. The van der Waals surface area contributed by atoms with Crippen molar-refractivity contribution in [1.29, 1.82) is 0 Å². The number of rotatable bonds is 15. The summed E-state index contributed by atoms with van der Waals surface area (Å²) in [4.78, 5) is 0. The highest BCUT2D eigenvalue weighted by Gasteiger charge is 2.12. The van der Waals surface area contributed by atoms with Gasteiger partial charge in [-0.05, 0) is 24.2 Å². The molecule has 0 amide bonds. The first-order valence-corrected chi connectivity index (χ1v) is 10.2. The zero-order valence-corrected chi connectivity index (χ0v) is 15.9. The zero-order chi connectivity index (χ0) is 15.9. The highest BCUT2D eigenvalue weighted by Crippen LogP contribution is 2.26. The Labute approximate surface area is 136 Å². The summed E-state index contributed by atoms with van der Waals surface area (Å²) in [5.41, 5.74) is 0. The van der Waals surface area contributed by atoms with Gasteiger partial charge in [-0.1, -0.05) is 112 Å². The lowest BCUT2D eigenvalue weighted by atomic mass is 9.86. The highest BCUT2D eigenvalue weighted by atomic mass is 14.2. The van der Waals surface area contributed by atoms with Gasteiger partial charge in [0.05, 0.1) is 0 Å². The van der Waals surface area contributed by atoms with E-state index in [0.29, 0.717) is 0 Å². The molecule has 0 fully saturated rings. The minimum atomic E-state index is 0.942. The van der Waals surface area contributed by atoms with Gasteiger partial charge in [0.25, 0.3) is 0 Å². The van der Waals surface area contributed by atoms with Crippen LogP contribution in [0.3, 0.4) is 0 Å². The number of hydrogen-bond donors (Lipinski definition) is 0. The van der Waals surface area contributed by atoms with E-state index in [1.54, 1.807) is 0 Å². The van der Waals surface area contributed by atoms with Gasteiger partial charge in [0, 0.05) is 0 Å². The Balaban J connectivity index is 3.73. The molecule has 3 unspecified atom stereocenters. The highest BCUT2D eigenvalue weighted by molar-refractivity contribution is 4.64. The summed E-state index contributed by atoms with van der Waals surface area (Å²) >= 11 is 0. The molecule has 3 atom stereocenters. The van der Waals surface area contributed by atoms with E-state index < -0.39 is 0 Å².